The van der Waals surface area contributed by atoms with E-state index in [0.29, 0.717) is 0 Å². The van der Waals surface area contributed by atoms with Crippen molar-refractivity contribution in [3.63, 3.8) is 0 Å². The molecule has 0 aliphatic carbocycles. The fourth-order valence-corrected chi connectivity index (χ4v) is 1.99. The Bertz CT molecular complexity index is 474. The van der Waals surface area contributed by atoms with E-state index in [-0.39, 0.29) is 6.04 Å². The van der Waals surface area contributed by atoms with E-state index in [1.807, 2.05) is 13.3 Å². The second kappa shape index (κ2) is 5.47. The lowest BCUT2D eigenvalue weighted by Crippen LogP contribution is -2.17. The third-order valence-corrected chi connectivity index (χ3v) is 3.02. The predicted molar refractivity (Wildman–Crippen MR) is 72.8 cm³/mol. The van der Waals surface area contributed by atoms with Crippen LogP contribution in [-0.4, -0.2) is 15.6 Å². The third-order valence-electron chi connectivity index (χ3n) is 2.50. The maximum absolute atomic E-state index is 5.75. The largest absolute Gasteiger partial charge is 0.333 e. The van der Waals surface area contributed by atoms with Crippen LogP contribution in [0, 0.1) is 0 Å². The Morgan fingerprint density at radius 3 is 2.71 bits per heavy atom. The Hall–Kier alpha value is -1.13. The Morgan fingerprint density at radius 2 is 2.06 bits per heavy atom. The van der Waals surface area contributed by atoms with Gasteiger partial charge in [-0.05, 0) is 24.6 Å². The highest BCUT2D eigenvalue weighted by Crippen LogP contribution is 2.12. The van der Waals surface area contributed by atoms with Crippen LogP contribution in [0.1, 0.15) is 18.2 Å². The van der Waals surface area contributed by atoms with Gasteiger partial charge >= 0.3 is 0 Å². The van der Waals surface area contributed by atoms with Crippen molar-refractivity contribution < 1.29 is 0 Å². The summed E-state index contributed by atoms with van der Waals surface area (Å²) in [5, 5.41) is 0. The first kappa shape index (κ1) is 12.3. The molecule has 1 heterocycles. The van der Waals surface area contributed by atoms with Gasteiger partial charge in [-0.2, -0.15) is 0 Å². The van der Waals surface area contributed by atoms with Crippen molar-refractivity contribution in [3.05, 3.63) is 52.5 Å². The van der Waals surface area contributed by atoms with E-state index in [2.05, 4.69) is 55.9 Å². The Kier molecular flexibility index (Phi) is 3.97. The summed E-state index contributed by atoms with van der Waals surface area (Å²) in [5.74, 6) is 0. The van der Waals surface area contributed by atoms with E-state index in [9.17, 15) is 0 Å². The minimum absolute atomic E-state index is 0.158. The first-order valence-corrected chi connectivity index (χ1v) is 6.43. The molecule has 0 saturated carbocycles. The predicted octanol–water partition coefficient (Wildman–Crippen LogP) is 2.58. The van der Waals surface area contributed by atoms with E-state index < -0.39 is 0 Å². The Balaban J connectivity index is 2.03. The third kappa shape index (κ3) is 3.68. The van der Waals surface area contributed by atoms with Gasteiger partial charge in [0.25, 0.3) is 0 Å². The van der Waals surface area contributed by atoms with Gasteiger partial charge in [0.2, 0.25) is 0 Å². The molecular formula is C13H16BrN3. The zero-order chi connectivity index (χ0) is 12.3. The van der Waals surface area contributed by atoms with Crippen molar-refractivity contribution in [1.29, 1.82) is 0 Å². The zero-order valence-corrected chi connectivity index (χ0v) is 11.4. The molecule has 1 aromatic heterocycles. The lowest BCUT2D eigenvalue weighted by atomic mass is 10.2. The first-order chi connectivity index (χ1) is 8.13. The van der Waals surface area contributed by atoms with E-state index in [1.165, 1.54) is 5.56 Å². The zero-order valence-electron chi connectivity index (χ0n) is 9.81. The molecule has 17 heavy (non-hydrogen) atoms. The number of imidazole rings is 1. The van der Waals surface area contributed by atoms with Crippen molar-refractivity contribution in [2.45, 2.75) is 25.9 Å². The Morgan fingerprint density at radius 1 is 1.35 bits per heavy atom. The van der Waals surface area contributed by atoms with Gasteiger partial charge in [-0.25, -0.2) is 4.98 Å². The van der Waals surface area contributed by atoms with Crippen LogP contribution in [-0.2, 0) is 13.0 Å². The van der Waals surface area contributed by atoms with Crippen LogP contribution in [0.2, 0.25) is 0 Å². The van der Waals surface area contributed by atoms with Crippen molar-refractivity contribution in [2.75, 3.05) is 0 Å². The van der Waals surface area contributed by atoms with Crippen molar-refractivity contribution in [2.24, 2.45) is 5.73 Å². The van der Waals surface area contributed by atoms with Crippen LogP contribution >= 0.6 is 15.9 Å². The topological polar surface area (TPSA) is 43.8 Å². The summed E-state index contributed by atoms with van der Waals surface area (Å²) in [4.78, 5) is 4.34. The van der Waals surface area contributed by atoms with Gasteiger partial charge in [0.05, 0.1) is 12.0 Å². The van der Waals surface area contributed by atoms with E-state index >= 15 is 0 Å². The molecule has 2 N–H and O–H groups in total. The first-order valence-electron chi connectivity index (χ1n) is 5.64. The minimum atomic E-state index is 0.158. The van der Waals surface area contributed by atoms with E-state index in [0.717, 1.165) is 23.1 Å². The molecule has 0 radical (unpaired) electrons. The molecule has 0 amide bonds. The highest BCUT2D eigenvalue weighted by molar-refractivity contribution is 9.10. The van der Waals surface area contributed by atoms with E-state index in [4.69, 9.17) is 5.73 Å². The highest BCUT2D eigenvalue weighted by atomic mass is 79.9. The molecule has 4 heteroatoms. The molecule has 1 unspecified atom stereocenters. The van der Waals surface area contributed by atoms with Crippen LogP contribution in [0.25, 0.3) is 0 Å². The van der Waals surface area contributed by atoms with Crippen LogP contribution in [0.3, 0.4) is 0 Å². The maximum atomic E-state index is 5.75. The number of hydrogen-bond donors (Lipinski definition) is 1. The van der Waals surface area contributed by atoms with Gasteiger partial charge in [0.15, 0.2) is 0 Å². The van der Waals surface area contributed by atoms with Gasteiger partial charge < -0.3 is 10.3 Å². The van der Waals surface area contributed by atoms with Crippen LogP contribution < -0.4 is 5.73 Å². The minimum Gasteiger partial charge on any atom is -0.333 e. The molecule has 1 atom stereocenters. The second-order valence-electron chi connectivity index (χ2n) is 4.35. The maximum Gasteiger partial charge on any atom is 0.0952 e. The standard InChI is InChI=1S/C13H16BrN3/c1-10(15)6-13-8-17(9-16-13)7-11-2-4-12(14)5-3-11/h2-5,8-10H,6-7,15H2,1H3. The van der Waals surface area contributed by atoms with Crippen molar-refractivity contribution in [1.82, 2.24) is 9.55 Å². The summed E-state index contributed by atoms with van der Waals surface area (Å²) in [6, 6.07) is 8.47. The molecule has 2 rings (SSSR count). The highest BCUT2D eigenvalue weighted by Gasteiger charge is 2.02. The second-order valence-corrected chi connectivity index (χ2v) is 5.26. The summed E-state index contributed by atoms with van der Waals surface area (Å²) in [5.41, 5.74) is 8.06. The number of halogens is 1. The van der Waals surface area contributed by atoms with E-state index in [1.54, 1.807) is 0 Å². The van der Waals surface area contributed by atoms with Crippen LogP contribution in [0.4, 0.5) is 0 Å². The van der Waals surface area contributed by atoms with Gasteiger partial charge in [0.1, 0.15) is 0 Å². The number of nitrogens with zero attached hydrogens (tertiary/aromatic N) is 2. The number of rotatable bonds is 4. The SMILES string of the molecule is CC(N)Cc1cn(Cc2ccc(Br)cc2)cn1. The smallest absolute Gasteiger partial charge is 0.0952 e. The van der Waals surface area contributed by atoms with Crippen LogP contribution in [0.15, 0.2) is 41.3 Å². The fourth-order valence-electron chi connectivity index (χ4n) is 1.73. The van der Waals surface area contributed by atoms with Gasteiger partial charge in [-0.3, -0.25) is 0 Å². The molecule has 0 fully saturated rings. The number of hydrogen-bond acceptors (Lipinski definition) is 2. The average molecular weight is 294 g/mol. The quantitative estimate of drug-likeness (QED) is 0.942. The number of aromatic nitrogens is 2. The Labute approximate surface area is 110 Å². The molecule has 0 aliphatic heterocycles. The van der Waals surface area contributed by atoms with Crippen molar-refractivity contribution in [3.8, 4) is 0 Å². The summed E-state index contributed by atoms with van der Waals surface area (Å²) in [6.07, 6.45) is 4.75. The molecule has 0 bridgehead atoms. The lowest BCUT2D eigenvalue weighted by molar-refractivity contribution is 0.723. The average Bonchev–Trinajstić information content (AvgIpc) is 2.68. The summed E-state index contributed by atoms with van der Waals surface area (Å²) in [6.45, 7) is 2.84. The summed E-state index contributed by atoms with van der Waals surface area (Å²) < 4.78 is 3.19. The molecule has 0 saturated heterocycles. The molecule has 2 aromatic rings. The van der Waals surface area contributed by atoms with Gasteiger partial charge in [-0.1, -0.05) is 28.1 Å². The fraction of sp³-hybridized carbons (Fsp3) is 0.308. The number of nitrogens with two attached hydrogens (primary N) is 1. The monoisotopic (exact) mass is 293 g/mol. The molecule has 0 spiro atoms. The molecular weight excluding hydrogens is 278 g/mol. The van der Waals surface area contributed by atoms with Crippen molar-refractivity contribution >= 4 is 15.9 Å². The molecule has 0 aliphatic rings. The summed E-state index contributed by atoms with van der Waals surface area (Å²) in [7, 11) is 0. The summed E-state index contributed by atoms with van der Waals surface area (Å²) >= 11 is 3.43. The normalized spacial score (nSPS) is 12.6. The molecule has 90 valence electrons. The van der Waals surface area contributed by atoms with Gasteiger partial charge in [0, 0.05) is 29.7 Å². The molecule has 1 aromatic carbocycles. The molecule has 3 nitrogen and oxygen atoms in total. The van der Waals surface area contributed by atoms with Gasteiger partial charge in [-0.15, -0.1) is 0 Å². The lowest BCUT2D eigenvalue weighted by Gasteiger charge is -2.03. The van der Waals surface area contributed by atoms with Crippen LogP contribution in [0.5, 0.6) is 0 Å². The number of benzene rings is 1.